The summed E-state index contributed by atoms with van der Waals surface area (Å²) in [5.74, 6) is 0.757. The lowest BCUT2D eigenvalue weighted by Gasteiger charge is -2.22. The molecule has 1 heterocycles. The summed E-state index contributed by atoms with van der Waals surface area (Å²) in [7, 11) is 0. The van der Waals surface area contributed by atoms with Gasteiger partial charge in [0.05, 0.1) is 16.3 Å². The van der Waals surface area contributed by atoms with E-state index in [-0.39, 0.29) is 5.41 Å². The minimum absolute atomic E-state index is 0.108. The first-order valence-corrected chi connectivity index (χ1v) is 7.31. The van der Waals surface area contributed by atoms with Gasteiger partial charge < -0.3 is 5.11 Å². The lowest BCUT2D eigenvalue weighted by atomic mass is 9.93. The van der Waals surface area contributed by atoms with Gasteiger partial charge in [-0.15, -0.1) is 11.3 Å². The van der Waals surface area contributed by atoms with Gasteiger partial charge in [0.25, 0.3) is 0 Å². The van der Waals surface area contributed by atoms with Crippen LogP contribution in [0.5, 0.6) is 0 Å². The molecule has 1 unspecified atom stereocenters. The topological polar surface area (TPSA) is 33.1 Å². The molecule has 96 valence electrons. The smallest absolute Gasteiger partial charge is 0.0957 e. The Morgan fingerprint density at radius 2 is 2.00 bits per heavy atom. The van der Waals surface area contributed by atoms with Crippen LogP contribution in [0.25, 0.3) is 0 Å². The first-order chi connectivity index (χ1) is 7.76. The molecule has 17 heavy (non-hydrogen) atoms. The largest absolute Gasteiger partial charge is 0.390 e. The van der Waals surface area contributed by atoms with Gasteiger partial charge in [0.2, 0.25) is 0 Å². The quantitative estimate of drug-likeness (QED) is 0.890. The first kappa shape index (κ1) is 13.0. The summed E-state index contributed by atoms with van der Waals surface area (Å²) in [6.07, 6.45) is 4.21. The number of hydrogen-bond donors (Lipinski definition) is 1. The highest BCUT2D eigenvalue weighted by atomic mass is 32.1. The molecule has 1 saturated carbocycles. The highest BCUT2D eigenvalue weighted by Crippen LogP contribution is 2.38. The maximum absolute atomic E-state index is 10.4. The summed E-state index contributed by atoms with van der Waals surface area (Å²) in [4.78, 5) is 4.65. The second-order valence-corrected chi connectivity index (χ2v) is 7.64. The molecule has 0 spiro atoms. The molecule has 1 fully saturated rings. The van der Waals surface area contributed by atoms with E-state index in [9.17, 15) is 5.11 Å². The molecule has 0 aliphatic heterocycles. The molecule has 1 atom stereocenters. The molecule has 0 radical (unpaired) electrons. The molecule has 1 aromatic rings. The first-order valence-electron chi connectivity index (χ1n) is 6.43. The van der Waals surface area contributed by atoms with Crippen LogP contribution in [-0.2, 0) is 11.8 Å². The van der Waals surface area contributed by atoms with Gasteiger partial charge in [0, 0.05) is 17.2 Å². The van der Waals surface area contributed by atoms with Crippen LogP contribution in [0.4, 0.5) is 0 Å². The van der Waals surface area contributed by atoms with E-state index in [0.717, 1.165) is 23.0 Å². The lowest BCUT2D eigenvalue weighted by molar-refractivity contribution is 0.0454. The predicted octanol–water partition coefficient (Wildman–Crippen LogP) is 3.53. The molecule has 1 aromatic heterocycles. The fraction of sp³-hybridized carbons (Fsp3) is 0.786. The maximum atomic E-state index is 10.4. The molecule has 0 aromatic carbocycles. The van der Waals surface area contributed by atoms with Crippen molar-refractivity contribution in [2.24, 2.45) is 5.92 Å². The van der Waals surface area contributed by atoms with Crippen molar-refractivity contribution in [2.75, 3.05) is 0 Å². The van der Waals surface area contributed by atoms with Crippen LogP contribution >= 0.6 is 11.3 Å². The molecule has 0 saturated heterocycles. The van der Waals surface area contributed by atoms with Gasteiger partial charge in [-0.25, -0.2) is 4.98 Å². The van der Waals surface area contributed by atoms with E-state index in [1.54, 1.807) is 11.3 Å². The Labute approximate surface area is 108 Å². The van der Waals surface area contributed by atoms with Crippen LogP contribution in [0.2, 0.25) is 0 Å². The highest BCUT2D eigenvalue weighted by Gasteiger charge is 2.32. The monoisotopic (exact) mass is 253 g/mol. The zero-order valence-electron chi connectivity index (χ0n) is 11.3. The van der Waals surface area contributed by atoms with Crippen LogP contribution in [0, 0.1) is 5.92 Å². The van der Waals surface area contributed by atoms with Crippen LogP contribution < -0.4 is 0 Å². The van der Waals surface area contributed by atoms with Gasteiger partial charge in [-0.2, -0.15) is 0 Å². The van der Waals surface area contributed by atoms with Crippen molar-refractivity contribution in [2.45, 2.75) is 64.4 Å². The van der Waals surface area contributed by atoms with Gasteiger partial charge in [0.15, 0.2) is 0 Å². The molecule has 3 heteroatoms. The number of nitrogens with zero attached hydrogens (tertiary/aromatic N) is 1. The fourth-order valence-electron chi connectivity index (χ4n) is 2.08. The Morgan fingerprint density at radius 1 is 1.35 bits per heavy atom. The van der Waals surface area contributed by atoms with Crippen molar-refractivity contribution in [3.05, 3.63) is 16.1 Å². The van der Waals surface area contributed by atoms with Gasteiger partial charge in [0.1, 0.15) is 0 Å². The maximum Gasteiger partial charge on any atom is 0.0957 e. The Balaban J connectivity index is 2.00. The van der Waals surface area contributed by atoms with Gasteiger partial charge >= 0.3 is 0 Å². The predicted molar refractivity (Wildman–Crippen MR) is 72.5 cm³/mol. The minimum Gasteiger partial charge on any atom is -0.390 e. The Kier molecular flexibility index (Phi) is 3.34. The van der Waals surface area contributed by atoms with Gasteiger partial charge in [-0.05, 0) is 19.3 Å². The van der Waals surface area contributed by atoms with E-state index in [0.29, 0.717) is 6.42 Å². The average Bonchev–Trinajstić information content (AvgIpc) is 2.78. The number of hydrogen-bond acceptors (Lipinski definition) is 3. The fourth-order valence-corrected chi connectivity index (χ4v) is 3.28. The van der Waals surface area contributed by atoms with Crippen LogP contribution in [-0.4, -0.2) is 15.7 Å². The van der Waals surface area contributed by atoms with E-state index < -0.39 is 5.60 Å². The second-order valence-electron chi connectivity index (χ2n) is 6.70. The van der Waals surface area contributed by atoms with Crippen molar-refractivity contribution in [3.8, 4) is 0 Å². The molecule has 0 bridgehead atoms. The minimum atomic E-state index is -0.575. The van der Waals surface area contributed by atoms with E-state index in [1.165, 1.54) is 12.8 Å². The zero-order valence-corrected chi connectivity index (χ0v) is 12.1. The summed E-state index contributed by atoms with van der Waals surface area (Å²) in [6.45, 7) is 8.47. The average molecular weight is 253 g/mol. The van der Waals surface area contributed by atoms with Crippen molar-refractivity contribution < 1.29 is 5.11 Å². The van der Waals surface area contributed by atoms with Crippen LogP contribution in [0.1, 0.15) is 57.7 Å². The summed E-state index contributed by atoms with van der Waals surface area (Å²) in [6, 6.07) is 0. The standard InChI is InChI=1S/C14H23NOS/c1-13(2,3)11-9-17-12(15-11)8-14(4,16)7-10-5-6-10/h9-10,16H,5-8H2,1-4H3. The van der Waals surface area contributed by atoms with E-state index in [2.05, 4.69) is 31.1 Å². The van der Waals surface area contributed by atoms with Crippen LogP contribution in [0.15, 0.2) is 5.38 Å². The molecule has 2 nitrogen and oxygen atoms in total. The van der Waals surface area contributed by atoms with E-state index >= 15 is 0 Å². The molecule has 1 aliphatic carbocycles. The number of aromatic nitrogens is 1. The SMILES string of the molecule is CC(O)(Cc1nc(C(C)(C)C)cs1)CC1CC1. The third kappa shape index (κ3) is 3.78. The lowest BCUT2D eigenvalue weighted by Crippen LogP contribution is -2.27. The Bertz CT molecular complexity index is 385. The molecule has 1 aliphatic rings. The zero-order chi connectivity index (χ0) is 12.7. The van der Waals surface area contributed by atoms with Gasteiger partial charge in [-0.1, -0.05) is 33.6 Å². The van der Waals surface area contributed by atoms with Gasteiger partial charge in [-0.3, -0.25) is 0 Å². The molecule has 2 rings (SSSR count). The number of aliphatic hydroxyl groups is 1. The Hall–Kier alpha value is -0.410. The second kappa shape index (κ2) is 4.36. The van der Waals surface area contributed by atoms with Crippen molar-refractivity contribution >= 4 is 11.3 Å². The molecule has 1 N–H and O–H groups in total. The normalized spacial score (nSPS) is 20.3. The summed E-state index contributed by atoms with van der Waals surface area (Å²) >= 11 is 1.68. The number of thiazole rings is 1. The van der Waals surface area contributed by atoms with E-state index in [4.69, 9.17) is 0 Å². The summed E-state index contributed by atoms with van der Waals surface area (Å²) < 4.78 is 0. The molecular weight excluding hydrogens is 230 g/mol. The molecule has 0 amide bonds. The molecular formula is C14H23NOS. The summed E-state index contributed by atoms with van der Waals surface area (Å²) in [5, 5.41) is 13.6. The number of rotatable bonds is 4. The van der Waals surface area contributed by atoms with Crippen LogP contribution in [0.3, 0.4) is 0 Å². The third-order valence-corrected chi connectivity index (χ3v) is 4.13. The van der Waals surface area contributed by atoms with Crippen molar-refractivity contribution in [3.63, 3.8) is 0 Å². The Morgan fingerprint density at radius 3 is 2.47 bits per heavy atom. The third-order valence-electron chi connectivity index (χ3n) is 3.28. The van der Waals surface area contributed by atoms with E-state index in [1.807, 2.05) is 6.92 Å². The highest BCUT2D eigenvalue weighted by molar-refractivity contribution is 7.09. The summed E-state index contributed by atoms with van der Waals surface area (Å²) in [5.41, 5.74) is 0.672. The van der Waals surface area contributed by atoms with Crippen molar-refractivity contribution in [1.82, 2.24) is 4.98 Å². The van der Waals surface area contributed by atoms with Crippen molar-refractivity contribution in [1.29, 1.82) is 0 Å².